The van der Waals surface area contributed by atoms with Crippen LogP contribution < -0.4 is 0 Å². The van der Waals surface area contributed by atoms with E-state index in [0.29, 0.717) is 17.6 Å². The van der Waals surface area contributed by atoms with Gasteiger partial charge in [0.25, 0.3) is 0 Å². The van der Waals surface area contributed by atoms with Crippen LogP contribution in [0.3, 0.4) is 0 Å². The average molecular weight is 589 g/mol. The van der Waals surface area contributed by atoms with Crippen molar-refractivity contribution in [2.45, 2.75) is 0 Å². The Bertz CT molecular complexity index is 2820. The molecule has 0 aliphatic rings. The molecule has 5 heteroatoms. The van der Waals surface area contributed by atoms with Crippen LogP contribution in [0.2, 0.25) is 0 Å². The Morgan fingerprint density at radius 3 is 2.00 bits per heavy atom. The second kappa shape index (κ2) is 9.58. The molecule has 0 aliphatic heterocycles. The highest BCUT2D eigenvalue weighted by Gasteiger charge is 2.20. The minimum atomic E-state index is 0.576. The van der Waals surface area contributed by atoms with E-state index >= 15 is 0 Å². The van der Waals surface area contributed by atoms with Crippen LogP contribution in [0.15, 0.2) is 150 Å². The lowest BCUT2D eigenvalue weighted by Crippen LogP contribution is -2.06. The van der Waals surface area contributed by atoms with Gasteiger partial charge in [-0.05, 0) is 57.9 Å². The summed E-state index contributed by atoms with van der Waals surface area (Å²) in [5.41, 5.74) is 5.66. The van der Waals surface area contributed by atoms with Crippen LogP contribution in [0.4, 0.5) is 0 Å². The number of benzene rings is 7. The molecule has 0 unspecified atom stereocenters. The smallest absolute Gasteiger partial charge is 0.238 e. The topological polar surface area (TPSA) is 56.7 Å². The van der Waals surface area contributed by atoms with Crippen LogP contribution in [-0.4, -0.2) is 19.5 Å². The number of rotatable bonds is 3. The zero-order valence-electron chi connectivity index (χ0n) is 24.6. The maximum Gasteiger partial charge on any atom is 0.238 e. The summed E-state index contributed by atoms with van der Waals surface area (Å²) in [6.07, 6.45) is 0. The van der Waals surface area contributed by atoms with Gasteiger partial charge in [0, 0.05) is 32.7 Å². The van der Waals surface area contributed by atoms with Gasteiger partial charge in [-0.1, -0.05) is 109 Å². The average Bonchev–Trinajstić information content (AvgIpc) is 3.67. The quantitative estimate of drug-likeness (QED) is 0.206. The first-order valence-corrected chi connectivity index (χ1v) is 15.4. The molecule has 0 amide bonds. The molecule has 46 heavy (non-hydrogen) atoms. The minimum absolute atomic E-state index is 0.576. The van der Waals surface area contributed by atoms with E-state index < -0.39 is 0 Å². The van der Waals surface area contributed by atoms with E-state index in [4.69, 9.17) is 19.4 Å². The SMILES string of the molecule is c1ccc2c(-c3nc(-c4ccc5oc6ccccc6c5c4)nc(-n4c5ccccc5c5c6ccccc6ccc54)n3)cccc2c1. The highest BCUT2D eigenvalue weighted by molar-refractivity contribution is 6.21. The van der Waals surface area contributed by atoms with E-state index in [0.717, 1.165) is 60.3 Å². The summed E-state index contributed by atoms with van der Waals surface area (Å²) in [6, 6.07) is 50.4. The summed E-state index contributed by atoms with van der Waals surface area (Å²) < 4.78 is 8.32. The molecule has 10 aromatic rings. The summed E-state index contributed by atoms with van der Waals surface area (Å²) in [6.45, 7) is 0. The fourth-order valence-electron chi connectivity index (χ4n) is 6.95. The number of para-hydroxylation sites is 2. The highest BCUT2D eigenvalue weighted by atomic mass is 16.3. The van der Waals surface area contributed by atoms with E-state index in [2.05, 4.69) is 120 Å². The van der Waals surface area contributed by atoms with Gasteiger partial charge in [-0.15, -0.1) is 0 Å². The summed E-state index contributed by atoms with van der Waals surface area (Å²) in [5, 5.41) is 9.09. The molecule has 0 spiro atoms. The zero-order valence-corrected chi connectivity index (χ0v) is 24.6. The van der Waals surface area contributed by atoms with Gasteiger partial charge in [-0.3, -0.25) is 4.57 Å². The molecule has 0 aliphatic carbocycles. The summed E-state index contributed by atoms with van der Waals surface area (Å²) in [4.78, 5) is 15.6. The largest absolute Gasteiger partial charge is 0.456 e. The van der Waals surface area contributed by atoms with E-state index in [1.807, 2.05) is 30.3 Å². The molecule has 0 fully saturated rings. The third-order valence-corrected chi connectivity index (χ3v) is 9.05. The van der Waals surface area contributed by atoms with Gasteiger partial charge in [-0.25, -0.2) is 4.98 Å². The number of aromatic nitrogens is 4. The van der Waals surface area contributed by atoms with Gasteiger partial charge in [0.15, 0.2) is 11.6 Å². The van der Waals surface area contributed by atoms with Crippen molar-refractivity contribution in [2.75, 3.05) is 0 Å². The molecule has 3 aromatic heterocycles. The van der Waals surface area contributed by atoms with Gasteiger partial charge in [0.2, 0.25) is 5.95 Å². The molecule has 0 atom stereocenters. The number of nitrogens with zero attached hydrogens (tertiary/aromatic N) is 4. The van der Waals surface area contributed by atoms with Gasteiger partial charge in [0.1, 0.15) is 11.2 Å². The first-order valence-electron chi connectivity index (χ1n) is 15.4. The molecule has 7 aromatic carbocycles. The van der Waals surface area contributed by atoms with Gasteiger partial charge in [-0.2, -0.15) is 9.97 Å². The third-order valence-electron chi connectivity index (χ3n) is 9.05. The van der Waals surface area contributed by atoms with Crippen LogP contribution in [-0.2, 0) is 0 Å². The van der Waals surface area contributed by atoms with Gasteiger partial charge >= 0.3 is 0 Å². The Kier molecular flexibility index (Phi) is 5.22. The molecular formula is C41H24N4O. The lowest BCUT2D eigenvalue weighted by Gasteiger charge is -2.12. The van der Waals surface area contributed by atoms with Crippen molar-refractivity contribution in [1.82, 2.24) is 19.5 Å². The summed E-state index contributed by atoms with van der Waals surface area (Å²) >= 11 is 0. The van der Waals surface area contributed by atoms with Crippen molar-refractivity contribution in [2.24, 2.45) is 0 Å². The molecule has 0 saturated heterocycles. The summed E-state index contributed by atoms with van der Waals surface area (Å²) in [5.74, 6) is 1.80. The highest BCUT2D eigenvalue weighted by Crippen LogP contribution is 2.38. The first-order chi connectivity index (χ1) is 22.8. The van der Waals surface area contributed by atoms with Crippen molar-refractivity contribution in [3.8, 4) is 28.7 Å². The van der Waals surface area contributed by atoms with Crippen LogP contribution in [0, 0.1) is 0 Å². The van der Waals surface area contributed by atoms with E-state index in [-0.39, 0.29) is 0 Å². The monoisotopic (exact) mass is 588 g/mol. The Morgan fingerprint density at radius 2 is 1.11 bits per heavy atom. The fraction of sp³-hybridized carbons (Fsp3) is 0. The number of fused-ring (bicyclic) bond motifs is 9. The molecule has 0 N–H and O–H groups in total. The standard InChI is InChI=1S/C41H24N4O/c1-3-13-28-25(10-1)12-9-17-31(28)40-42-39(27-21-23-37-33(24-27)30-15-6-8-19-36(30)46-37)43-41(44-40)45-34-18-7-5-16-32(34)38-29-14-4-2-11-26(29)20-22-35(38)45/h1-24H. The normalized spacial score (nSPS) is 11.9. The van der Waals surface area contributed by atoms with E-state index in [1.165, 1.54) is 16.2 Å². The lowest BCUT2D eigenvalue weighted by atomic mass is 10.0. The van der Waals surface area contributed by atoms with Crippen molar-refractivity contribution in [3.63, 3.8) is 0 Å². The minimum Gasteiger partial charge on any atom is -0.456 e. The lowest BCUT2D eigenvalue weighted by molar-refractivity contribution is 0.669. The Balaban J connectivity index is 1.30. The molecule has 0 saturated carbocycles. The van der Waals surface area contributed by atoms with Crippen molar-refractivity contribution >= 4 is 65.3 Å². The molecule has 0 radical (unpaired) electrons. The van der Waals surface area contributed by atoms with Crippen molar-refractivity contribution < 1.29 is 4.42 Å². The number of hydrogen-bond donors (Lipinski definition) is 0. The van der Waals surface area contributed by atoms with Gasteiger partial charge in [0.05, 0.1) is 11.0 Å². The summed E-state index contributed by atoms with van der Waals surface area (Å²) in [7, 11) is 0. The third kappa shape index (κ3) is 3.66. The van der Waals surface area contributed by atoms with E-state index in [9.17, 15) is 0 Å². The first kappa shape index (κ1) is 25.0. The van der Waals surface area contributed by atoms with Crippen LogP contribution in [0.5, 0.6) is 0 Å². The van der Waals surface area contributed by atoms with Crippen LogP contribution >= 0.6 is 0 Å². The number of hydrogen-bond acceptors (Lipinski definition) is 4. The maximum atomic E-state index is 6.14. The predicted molar refractivity (Wildman–Crippen MR) is 187 cm³/mol. The molecule has 5 nitrogen and oxygen atoms in total. The maximum absolute atomic E-state index is 6.14. The molecule has 3 heterocycles. The predicted octanol–water partition coefficient (Wildman–Crippen LogP) is 10.5. The number of furan rings is 1. The Morgan fingerprint density at radius 1 is 0.435 bits per heavy atom. The van der Waals surface area contributed by atoms with E-state index in [1.54, 1.807) is 0 Å². The molecule has 0 bridgehead atoms. The Hall–Kier alpha value is -6.33. The molecule has 214 valence electrons. The fourth-order valence-corrected chi connectivity index (χ4v) is 6.95. The van der Waals surface area contributed by atoms with Crippen molar-refractivity contribution in [1.29, 1.82) is 0 Å². The Labute approximate surface area is 263 Å². The van der Waals surface area contributed by atoms with Crippen LogP contribution in [0.1, 0.15) is 0 Å². The molecular weight excluding hydrogens is 564 g/mol. The van der Waals surface area contributed by atoms with Crippen LogP contribution in [0.25, 0.3) is 94.0 Å². The van der Waals surface area contributed by atoms with Crippen molar-refractivity contribution in [3.05, 3.63) is 146 Å². The van der Waals surface area contributed by atoms with Gasteiger partial charge < -0.3 is 4.42 Å². The second-order valence-electron chi connectivity index (χ2n) is 11.7. The second-order valence-corrected chi connectivity index (χ2v) is 11.7. The zero-order chi connectivity index (χ0) is 30.2. The molecule has 10 rings (SSSR count).